The molecule has 1 atom stereocenters. The molecule has 1 aliphatic carbocycles. The van der Waals surface area contributed by atoms with Gasteiger partial charge in [-0.15, -0.1) is 0 Å². The molecule has 9 heteroatoms. The summed E-state index contributed by atoms with van der Waals surface area (Å²) in [5.41, 5.74) is -0.559. The molecular weight excluding hydrogens is 398 g/mol. The number of nitrogens with zero attached hydrogens (tertiary/aromatic N) is 3. The number of hydrogen-bond donors (Lipinski definition) is 2. The zero-order chi connectivity index (χ0) is 22.4. The lowest BCUT2D eigenvalue weighted by atomic mass is 9.95. The largest absolute Gasteiger partial charge is 0.382 e. The molecule has 1 saturated carbocycles. The third-order valence-electron chi connectivity index (χ3n) is 6.37. The molecule has 3 rings (SSSR count). The smallest absolute Gasteiger partial charge is 0.272 e. The van der Waals surface area contributed by atoms with Gasteiger partial charge in [0.05, 0.1) is 6.54 Å². The number of amides is 3. The van der Waals surface area contributed by atoms with Crippen LogP contribution in [0.15, 0.2) is 6.07 Å². The van der Waals surface area contributed by atoms with Crippen LogP contribution >= 0.6 is 0 Å². The number of fused-ring (bicyclic) bond motifs is 1. The average Bonchev–Trinajstić information content (AvgIpc) is 3.00. The second-order valence-corrected chi connectivity index (χ2v) is 8.68. The Morgan fingerprint density at radius 1 is 1.26 bits per heavy atom. The zero-order valence-corrected chi connectivity index (χ0v) is 18.9. The molecule has 31 heavy (non-hydrogen) atoms. The van der Waals surface area contributed by atoms with Gasteiger partial charge in [0.15, 0.2) is 5.69 Å². The van der Waals surface area contributed by atoms with Gasteiger partial charge in [0.2, 0.25) is 5.91 Å². The third kappa shape index (κ3) is 5.26. The van der Waals surface area contributed by atoms with Gasteiger partial charge in [0, 0.05) is 38.9 Å². The Labute approximate surface area is 183 Å². The maximum atomic E-state index is 13.2. The van der Waals surface area contributed by atoms with E-state index >= 15 is 0 Å². The maximum Gasteiger partial charge on any atom is 0.272 e. The minimum absolute atomic E-state index is 0.146. The van der Waals surface area contributed by atoms with Crippen molar-refractivity contribution in [3.05, 3.63) is 17.5 Å². The van der Waals surface area contributed by atoms with Crippen LogP contribution in [0.5, 0.6) is 0 Å². The molecule has 1 fully saturated rings. The van der Waals surface area contributed by atoms with Crippen LogP contribution in [-0.2, 0) is 16.1 Å². The van der Waals surface area contributed by atoms with E-state index in [1.54, 1.807) is 14.0 Å². The average molecular weight is 434 g/mol. The fourth-order valence-electron chi connectivity index (χ4n) is 4.21. The van der Waals surface area contributed by atoms with E-state index < -0.39 is 5.54 Å². The van der Waals surface area contributed by atoms with Crippen molar-refractivity contribution in [3.63, 3.8) is 0 Å². The molecule has 172 valence electrons. The van der Waals surface area contributed by atoms with Gasteiger partial charge < -0.3 is 20.3 Å². The van der Waals surface area contributed by atoms with E-state index in [1.165, 1.54) is 28.5 Å². The van der Waals surface area contributed by atoms with E-state index in [4.69, 9.17) is 4.74 Å². The molecule has 1 aromatic heterocycles. The quantitative estimate of drug-likeness (QED) is 0.480. The van der Waals surface area contributed by atoms with E-state index in [-0.39, 0.29) is 36.0 Å². The lowest BCUT2D eigenvalue weighted by molar-refractivity contribution is -0.133. The Morgan fingerprint density at radius 2 is 1.97 bits per heavy atom. The number of carbonyl (C=O) groups is 3. The van der Waals surface area contributed by atoms with Crippen LogP contribution in [0, 0.1) is 0 Å². The number of hydrogen-bond acceptors (Lipinski definition) is 5. The number of likely N-dealkylation sites (N-methyl/N-ethyl adjacent to an activating group) is 1. The van der Waals surface area contributed by atoms with Gasteiger partial charge in [-0.25, -0.2) is 0 Å². The van der Waals surface area contributed by atoms with E-state index in [0.29, 0.717) is 31.9 Å². The van der Waals surface area contributed by atoms with Gasteiger partial charge >= 0.3 is 0 Å². The van der Waals surface area contributed by atoms with Crippen LogP contribution in [-0.4, -0.2) is 70.8 Å². The molecule has 2 heterocycles. The molecule has 0 aromatic carbocycles. The first kappa shape index (κ1) is 23.2. The van der Waals surface area contributed by atoms with Crippen LogP contribution in [0.2, 0.25) is 0 Å². The highest BCUT2D eigenvalue weighted by molar-refractivity contribution is 6.01. The highest BCUT2D eigenvalue weighted by atomic mass is 16.5. The predicted molar refractivity (Wildman–Crippen MR) is 116 cm³/mol. The van der Waals surface area contributed by atoms with Crippen LogP contribution in [0.25, 0.3) is 0 Å². The number of carbonyl (C=O) groups excluding carboxylic acids is 3. The van der Waals surface area contributed by atoms with Gasteiger partial charge in [-0.1, -0.05) is 25.7 Å². The van der Waals surface area contributed by atoms with Crippen molar-refractivity contribution in [2.75, 3.05) is 26.8 Å². The van der Waals surface area contributed by atoms with Crippen molar-refractivity contribution in [1.29, 1.82) is 0 Å². The van der Waals surface area contributed by atoms with Crippen LogP contribution < -0.4 is 10.6 Å². The van der Waals surface area contributed by atoms with Crippen molar-refractivity contribution in [3.8, 4) is 0 Å². The molecule has 0 radical (unpaired) electrons. The second-order valence-electron chi connectivity index (χ2n) is 8.68. The number of rotatable bonds is 8. The van der Waals surface area contributed by atoms with Gasteiger partial charge in [-0.2, -0.15) is 5.10 Å². The normalized spacial score (nSPS) is 22.0. The molecule has 2 N–H and O–H groups in total. The first-order valence-corrected chi connectivity index (χ1v) is 11.4. The molecule has 2 aliphatic rings. The van der Waals surface area contributed by atoms with Crippen molar-refractivity contribution in [2.45, 2.75) is 76.9 Å². The van der Waals surface area contributed by atoms with E-state index in [9.17, 15) is 14.4 Å². The highest BCUT2D eigenvalue weighted by Gasteiger charge is 2.46. The van der Waals surface area contributed by atoms with Gasteiger partial charge in [-0.05, 0) is 33.1 Å². The summed E-state index contributed by atoms with van der Waals surface area (Å²) in [5, 5.41) is 10.3. The second kappa shape index (κ2) is 10.3. The summed E-state index contributed by atoms with van der Waals surface area (Å²) in [5.74, 6) is -0.815. The first-order valence-electron chi connectivity index (χ1n) is 11.4. The first-order chi connectivity index (χ1) is 14.9. The van der Waals surface area contributed by atoms with E-state index in [1.807, 2.05) is 6.92 Å². The molecule has 0 saturated heterocycles. The molecule has 0 unspecified atom stereocenters. The lowest BCUT2D eigenvalue weighted by Gasteiger charge is -2.41. The molecule has 9 nitrogen and oxygen atoms in total. The minimum Gasteiger partial charge on any atom is -0.382 e. The summed E-state index contributed by atoms with van der Waals surface area (Å²) >= 11 is 0. The third-order valence-corrected chi connectivity index (χ3v) is 6.37. The van der Waals surface area contributed by atoms with Crippen molar-refractivity contribution in [2.24, 2.45) is 0 Å². The zero-order valence-electron chi connectivity index (χ0n) is 18.9. The maximum absolute atomic E-state index is 13.2. The summed E-state index contributed by atoms with van der Waals surface area (Å²) in [6, 6.07) is 1.65. The van der Waals surface area contributed by atoms with Gasteiger partial charge in [-0.3, -0.25) is 19.1 Å². The summed E-state index contributed by atoms with van der Waals surface area (Å²) in [4.78, 5) is 40.1. The van der Waals surface area contributed by atoms with Crippen LogP contribution in [0.3, 0.4) is 0 Å². The van der Waals surface area contributed by atoms with E-state index in [0.717, 1.165) is 25.7 Å². The van der Waals surface area contributed by atoms with Crippen LogP contribution in [0.1, 0.15) is 79.8 Å². The SMILES string of the molecule is CCOCCCNC(=O)c1cc2n(n1)C[C@](C)(C(=O)NC1CCCCCC1)N(C)C2=O. The predicted octanol–water partition coefficient (Wildman–Crippen LogP) is 1.72. The molecule has 3 amide bonds. The molecular formula is C22H35N5O4. The van der Waals surface area contributed by atoms with Crippen LogP contribution in [0.4, 0.5) is 0 Å². The minimum atomic E-state index is -1.06. The standard InChI is InChI=1S/C22H35N5O4/c1-4-31-13-9-12-23-19(28)17-14-18-20(29)26(3)22(2,15-27(18)25-17)21(30)24-16-10-7-5-6-8-11-16/h14,16H,4-13,15H2,1-3H3,(H,23,28)(H,24,30)/t22-/m1/s1. The summed E-state index contributed by atoms with van der Waals surface area (Å²) < 4.78 is 6.75. The van der Waals surface area contributed by atoms with Crippen molar-refractivity contribution < 1.29 is 19.1 Å². The molecule has 0 bridgehead atoms. The molecule has 1 aliphatic heterocycles. The highest BCUT2D eigenvalue weighted by Crippen LogP contribution is 2.27. The Bertz CT molecular complexity index is 800. The number of nitrogens with one attached hydrogen (secondary N) is 2. The topological polar surface area (TPSA) is 106 Å². The van der Waals surface area contributed by atoms with Crippen molar-refractivity contribution >= 4 is 17.7 Å². The van der Waals surface area contributed by atoms with E-state index in [2.05, 4.69) is 15.7 Å². The molecule has 1 aromatic rings. The van der Waals surface area contributed by atoms with Gasteiger partial charge in [0.25, 0.3) is 11.8 Å². The summed E-state index contributed by atoms with van der Waals surface area (Å²) in [6.07, 6.45) is 7.28. The summed E-state index contributed by atoms with van der Waals surface area (Å²) in [6.45, 7) is 5.58. The Balaban J connectivity index is 1.68. The lowest BCUT2D eigenvalue weighted by Crippen LogP contribution is -2.63. The van der Waals surface area contributed by atoms with Crippen molar-refractivity contribution in [1.82, 2.24) is 25.3 Å². The summed E-state index contributed by atoms with van der Waals surface area (Å²) in [7, 11) is 1.64. The Morgan fingerprint density at radius 3 is 2.65 bits per heavy atom. The number of ether oxygens (including phenoxy) is 1. The van der Waals surface area contributed by atoms with Gasteiger partial charge in [0.1, 0.15) is 11.2 Å². The Kier molecular flexibility index (Phi) is 7.69. The molecule has 0 spiro atoms. The fraction of sp³-hybridized carbons (Fsp3) is 0.727. The fourth-order valence-corrected chi connectivity index (χ4v) is 4.21. The monoisotopic (exact) mass is 433 g/mol. The number of aromatic nitrogens is 2. The Hall–Kier alpha value is -2.42.